The first kappa shape index (κ1) is 15.9. The quantitative estimate of drug-likeness (QED) is 0.851. The summed E-state index contributed by atoms with van der Waals surface area (Å²) in [5.74, 6) is -0.184. The summed E-state index contributed by atoms with van der Waals surface area (Å²) in [5.41, 5.74) is 1.24. The number of ether oxygens (including phenoxy) is 1. The first-order valence-electron chi connectivity index (χ1n) is 7.34. The average molecular weight is 341 g/mol. The number of phenols is 1. The van der Waals surface area contributed by atoms with Crippen molar-refractivity contribution in [2.75, 3.05) is 32.8 Å². The average Bonchev–Trinajstić information content (AvgIpc) is 2.52. The van der Waals surface area contributed by atoms with Crippen LogP contribution in [0.1, 0.15) is 17.2 Å². The van der Waals surface area contributed by atoms with Crippen LogP contribution >= 0.6 is 11.6 Å². The molecule has 7 nitrogen and oxygen atoms in total. The molecule has 23 heavy (non-hydrogen) atoms. The molecule has 2 N–H and O–H groups in total. The molecule has 0 aromatic heterocycles. The van der Waals surface area contributed by atoms with Gasteiger partial charge in [-0.15, -0.1) is 0 Å². The van der Waals surface area contributed by atoms with Crippen molar-refractivity contribution in [2.24, 2.45) is 0 Å². The van der Waals surface area contributed by atoms with Gasteiger partial charge in [0.05, 0.1) is 12.6 Å². The van der Waals surface area contributed by atoms with Gasteiger partial charge < -0.3 is 19.8 Å². The monoisotopic (exact) mass is 340 g/mol. The van der Waals surface area contributed by atoms with Crippen molar-refractivity contribution >= 4 is 23.6 Å². The number of benzene rings is 1. The number of morpholine rings is 1. The summed E-state index contributed by atoms with van der Waals surface area (Å²) in [5, 5.41) is 20.2. The van der Waals surface area contributed by atoms with Gasteiger partial charge in [-0.1, -0.05) is 11.6 Å². The minimum Gasteiger partial charge on any atom is -0.508 e. The third-order valence-corrected chi connectivity index (χ3v) is 4.67. The van der Waals surface area contributed by atoms with E-state index in [1.54, 1.807) is 11.0 Å². The first-order chi connectivity index (χ1) is 11.0. The highest BCUT2D eigenvalue weighted by Gasteiger charge is 2.36. The van der Waals surface area contributed by atoms with Crippen molar-refractivity contribution in [3.8, 4) is 5.75 Å². The van der Waals surface area contributed by atoms with Gasteiger partial charge in [-0.05, 0) is 24.1 Å². The third-order valence-electron chi connectivity index (χ3n) is 4.31. The summed E-state index contributed by atoms with van der Waals surface area (Å²) >= 11 is 6.20. The molecule has 0 aliphatic carbocycles. The van der Waals surface area contributed by atoms with E-state index in [9.17, 15) is 19.8 Å². The Morgan fingerprint density at radius 2 is 2.17 bits per heavy atom. The number of hydrogen-bond donors (Lipinski definition) is 2. The number of phenolic OH excluding ortho intramolecular Hbond substituents is 1. The Kier molecular flexibility index (Phi) is 4.32. The summed E-state index contributed by atoms with van der Waals surface area (Å²) in [6, 6.07) is 2.42. The molecular formula is C15H17ClN2O5. The Bertz CT molecular complexity index is 651. The lowest BCUT2D eigenvalue weighted by Gasteiger charge is -2.39. The Labute approximate surface area is 138 Å². The molecule has 1 aromatic rings. The number of fused-ring (bicyclic) bond motifs is 1. The summed E-state index contributed by atoms with van der Waals surface area (Å²) in [7, 11) is 0. The second-order valence-electron chi connectivity index (χ2n) is 5.59. The van der Waals surface area contributed by atoms with Crippen LogP contribution in [0.5, 0.6) is 5.75 Å². The fraction of sp³-hybridized carbons (Fsp3) is 0.467. The SMILES string of the molecule is O=C1COCCN1C[C@@H]1c2c(O)ccc(Cl)c2CCN1C(=O)O. The standard InChI is InChI=1S/C15H17ClN2O5/c16-10-1-2-12(19)14-9(10)3-4-18(15(21)22)11(14)7-17-5-6-23-8-13(17)20/h1-2,11,19H,3-8H2,(H,21,22)/t11-/m1/s1. The molecule has 0 radical (unpaired) electrons. The molecule has 2 aliphatic rings. The molecule has 1 atom stereocenters. The van der Waals surface area contributed by atoms with Crippen molar-refractivity contribution in [1.29, 1.82) is 0 Å². The topological polar surface area (TPSA) is 90.3 Å². The molecule has 1 fully saturated rings. The van der Waals surface area contributed by atoms with Crippen LogP contribution in [0, 0.1) is 0 Å². The molecule has 0 unspecified atom stereocenters. The van der Waals surface area contributed by atoms with Gasteiger partial charge in [0.25, 0.3) is 0 Å². The molecule has 2 aliphatic heterocycles. The van der Waals surface area contributed by atoms with Crippen LogP contribution in [0.4, 0.5) is 4.79 Å². The Hall–Kier alpha value is -1.99. The molecule has 0 spiro atoms. The van der Waals surface area contributed by atoms with E-state index >= 15 is 0 Å². The number of amides is 2. The molecule has 124 valence electrons. The van der Waals surface area contributed by atoms with Gasteiger partial charge in [0, 0.05) is 30.2 Å². The Morgan fingerprint density at radius 1 is 1.39 bits per heavy atom. The zero-order valence-corrected chi connectivity index (χ0v) is 13.1. The van der Waals surface area contributed by atoms with Crippen molar-refractivity contribution in [2.45, 2.75) is 12.5 Å². The van der Waals surface area contributed by atoms with Crippen LogP contribution < -0.4 is 0 Å². The van der Waals surface area contributed by atoms with E-state index in [1.807, 2.05) is 0 Å². The van der Waals surface area contributed by atoms with Gasteiger partial charge in [0.15, 0.2) is 0 Å². The minimum absolute atomic E-state index is 0.000980. The summed E-state index contributed by atoms with van der Waals surface area (Å²) in [4.78, 5) is 26.4. The number of aromatic hydroxyl groups is 1. The molecule has 0 bridgehead atoms. The summed E-state index contributed by atoms with van der Waals surface area (Å²) in [6.45, 7) is 1.26. The zero-order valence-electron chi connectivity index (χ0n) is 12.4. The van der Waals surface area contributed by atoms with Crippen molar-refractivity contribution < 1.29 is 24.5 Å². The van der Waals surface area contributed by atoms with Crippen LogP contribution in [0.2, 0.25) is 5.02 Å². The largest absolute Gasteiger partial charge is 0.508 e. The van der Waals surface area contributed by atoms with Gasteiger partial charge in [-0.3, -0.25) is 9.69 Å². The van der Waals surface area contributed by atoms with Crippen LogP contribution in [-0.2, 0) is 16.0 Å². The number of halogens is 1. The highest BCUT2D eigenvalue weighted by Crippen LogP contribution is 2.40. The molecular weight excluding hydrogens is 324 g/mol. The molecule has 1 saturated heterocycles. The number of carboxylic acid groups (broad SMARTS) is 1. The van der Waals surface area contributed by atoms with Crippen LogP contribution in [-0.4, -0.2) is 64.9 Å². The highest BCUT2D eigenvalue weighted by molar-refractivity contribution is 6.31. The number of rotatable bonds is 2. The molecule has 1 aromatic carbocycles. The van der Waals surface area contributed by atoms with Crippen molar-refractivity contribution in [1.82, 2.24) is 9.80 Å². The normalized spacial score (nSPS) is 21.3. The molecule has 3 rings (SSSR count). The number of carbonyl (C=O) groups is 2. The second-order valence-corrected chi connectivity index (χ2v) is 6.00. The van der Waals surface area contributed by atoms with Gasteiger partial charge in [-0.25, -0.2) is 4.79 Å². The second kappa shape index (κ2) is 6.25. The fourth-order valence-corrected chi connectivity index (χ4v) is 3.43. The summed E-state index contributed by atoms with van der Waals surface area (Å²) < 4.78 is 5.10. The minimum atomic E-state index is -1.08. The first-order valence-corrected chi connectivity index (χ1v) is 7.72. The predicted octanol–water partition coefficient (Wildman–Crippen LogP) is 1.48. The summed E-state index contributed by atoms with van der Waals surface area (Å²) in [6.07, 6.45) is -0.650. The third kappa shape index (κ3) is 2.94. The maximum Gasteiger partial charge on any atom is 0.407 e. The van der Waals surface area contributed by atoms with Gasteiger partial charge in [0.1, 0.15) is 12.4 Å². The fourth-order valence-electron chi connectivity index (χ4n) is 3.17. The lowest BCUT2D eigenvalue weighted by Crippen LogP contribution is -2.49. The van der Waals surface area contributed by atoms with Crippen LogP contribution in [0.25, 0.3) is 0 Å². The van der Waals surface area contributed by atoms with E-state index in [0.29, 0.717) is 30.2 Å². The van der Waals surface area contributed by atoms with E-state index in [2.05, 4.69) is 0 Å². The van der Waals surface area contributed by atoms with E-state index in [-0.39, 0.29) is 31.4 Å². The highest BCUT2D eigenvalue weighted by atomic mass is 35.5. The maximum absolute atomic E-state index is 12.0. The van der Waals surface area contributed by atoms with Crippen molar-refractivity contribution in [3.05, 3.63) is 28.3 Å². The molecule has 0 saturated carbocycles. The molecule has 2 amide bonds. The van der Waals surface area contributed by atoms with E-state index in [0.717, 1.165) is 5.56 Å². The smallest absolute Gasteiger partial charge is 0.407 e. The van der Waals surface area contributed by atoms with Crippen LogP contribution in [0.3, 0.4) is 0 Å². The van der Waals surface area contributed by atoms with Crippen molar-refractivity contribution in [3.63, 3.8) is 0 Å². The van der Waals surface area contributed by atoms with E-state index in [4.69, 9.17) is 16.3 Å². The van der Waals surface area contributed by atoms with Gasteiger partial charge >= 0.3 is 6.09 Å². The van der Waals surface area contributed by atoms with Gasteiger partial charge in [0.2, 0.25) is 5.91 Å². The van der Waals surface area contributed by atoms with Gasteiger partial charge in [-0.2, -0.15) is 0 Å². The lowest BCUT2D eigenvalue weighted by molar-refractivity contribution is -0.143. The Morgan fingerprint density at radius 3 is 2.87 bits per heavy atom. The number of hydrogen-bond acceptors (Lipinski definition) is 4. The Balaban J connectivity index is 1.98. The predicted molar refractivity (Wildman–Crippen MR) is 81.7 cm³/mol. The zero-order chi connectivity index (χ0) is 16.6. The number of carbonyl (C=O) groups excluding carboxylic acids is 1. The molecule has 8 heteroatoms. The lowest BCUT2D eigenvalue weighted by atomic mass is 9.91. The maximum atomic E-state index is 12.0. The molecule has 2 heterocycles. The van der Waals surface area contributed by atoms with E-state index < -0.39 is 12.1 Å². The number of nitrogens with zero attached hydrogens (tertiary/aromatic N) is 2. The van der Waals surface area contributed by atoms with E-state index in [1.165, 1.54) is 11.0 Å². The van der Waals surface area contributed by atoms with Crippen LogP contribution in [0.15, 0.2) is 12.1 Å².